The summed E-state index contributed by atoms with van der Waals surface area (Å²) in [5, 5.41) is 13.2. The smallest absolute Gasteiger partial charge is 0.504 e. The molecule has 4 amide bonds. The van der Waals surface area contributed by atoms with Crippen LogP contribution in [0.4, 0.5) is 77.2 Å². The van der Waals surface area contributed by atoms with Gasteiger partial charge in [-0.05, 0) is 84.9 Å². The summed E-state index contributed by atoms with van der Waals surface area (Å²) in [7, 11) is 2.29. The summed E-state index contributed by atoms with van der Waals surface area (Å²) in [6, 6.07) is 15.3. The van der Waals surface area contributed by atoms with Gasteiger partial charge in [0.05, 0.1) is 47.6 Å². The Morgan fingerprint density at radius 2 is 0.907 bits per heavy atom. The lowest BCUT2D eigenvalue weighted by atomic mass is 10.0. The van der Waals surface area contributed by atoms with Crippen molar-refractivity contribution in [2.24, 2.45) is 11.5 Å². The summed E-state index contributed by atoms with van der Waals surface area (Å²) in [6.07, 6.45) is -19.8. The van der Waals surface area contributed by atoms with E-state index in [9.17, 15) is 85.0 Å². The van der Waals surface area contributed by atoms with E-state index >= 15 is 0 Å². The van der Waals surface area contributed by atoms with Crippen molar-refractivity contribution < 1.29 is 114 Å². The number of hydrogen-bond acceptors (Lipinski definition) is 10. The second-order valence-corrected chi connectivity index (χ2v) is 14.2. The van der Waals surface area contributed by atoms with Crippen LogP contribution in [-0.4, -0.2) is 55.7 Å². The molecule has 0 unspecified atom stereocenters. The zero-order valence-electron chi connectivity index (χ0n) is 37.3. The van der Waals surface area contributed by atoms with Gasteiger partial charge in [0.25, 0.3) is 23.6 Å². The molecule has 0 radical (unpaired) electrons. The number of phenols is 1. The van der Waals surface area contributed by atoms with Crippen LogP contribution in [0.1, 0.15) is 52.6 Å². The van der Waals surface area contributed by atoms with Crippen molar-refractivity contribution in [3.8, 4) is 40.2 Å². The number of nitrogens with two attached hydrogens (primary N) is 2. The normalized spacial score (nSPS) is 11.4. The van der Waals surface area contributed by atoms with Crippen molar-refractivity contribution in [1.29, 1.82) is 0 Å². The summed E-state index contributed by atoms with van der Waals surface area (Å²) >= 11 is 0. The maximum absolute atomic E-state index is 13.8. The molecule has 0 fully saturated rings. The molecule has 14 nitrogen and oxygen atoms in total. The molecule has 0 saturated heterocycles. The number of methoxy groups -OCH3 is 2. The highest BCUT2D eigenvalue weighted by atomic mass is 19.4. The number of phenolic OH excluding ortho intramolecular Hbond substituents is 1. The molecule has 6 rings (SSSR count). The minimum atomic E-state index is -5.04. The highest BCUT2D eigenvalue weighted by Gasteiger charge is 2.39. The van der Waals surface area contributed by atoms with E-state index < -0.39 is 117 Å². The first kappa shape index (κ1) is 58.5. The van der Waals surface area contributed by atoms with Crippen molar-refractivity contribution in [1.82, 2.24) is 0 Å². The van der Waals surface area contributed by atoms with Crippen LogP contribution in [0.2, 0.25) is 0 Å². The summed E-state index contributed by atoms with van der Waals surface area (Å²) in [5.41, 5.74) is 3.20. The Balaban J connectivity index is 0.000000272. The van der Waals surface area contributed by atoms with Crippen LogP contribution in [0.5, 0.6) is 40.2 Å². The quantitative estimate of drug-likeness (QED) is 0.0732. The van der Waals surface area contributed by atoms with Crippen molar-refractivity contribution in [3.05, 3.63) is 160 Å². The van der Waals surface area contributed by atoms with Gasteiger partial charge in [0, 0.05) is 23.5 Å². The number of alkyl halides is 12. The van der Waals surface area contributed by atoms with Crippen LogP contribution in [0.3, 0.4) is 0 Å². The number of carbonyl (C=O) groups excluding carboxylic acids is 4. The number of carbonyl (C=O) groups is 4. The molecule has 6 aromatic rings. The zero-order chi connectivity index (χ0) is 56.4. The van der Waals surface area contributed by atoms with Crippen molar-refractivity contribution in [3.63, 3.8) is 0 Å². The number of benzene rings is 6. The first-order chi connectivity index (χ1) is 34.7. The molecule has 0 saturated carbocycles. The van der Waals surface area contributed by atoms with E-state index in [0.29, 0.717) is 18.2 Å². The lowest BCUT2D eigenvalue weighted by molar-refractivity contribution is -0.275. The van der Waals surface area contributed by atoms with Crippen molar-refractivity contribution in [2.45, 2.75) is 25.1 Å². The second kappa shape index (κ2) is 23.7. The first-order valence-corrected chi connectivity index (χ1v) is 19.8. The molecule has 0 aromatic heterocycles. The lowest BCUT2D eigenvalue weighted by Crippen LogP contribution is -2.21. The zero-order valence-corrected chi connectivity index (χ0v) is 37.3. The minimum absolute atomic E-state index is 0.0771. The molecule has 75 heavy (non-hydrogen) atoms. The molecule has 0 spiro atoms. The second-order valence-electron chi connectivity index (χ2n) is 14.2. The fraction of sp³-hybridized carbons (Fsp3) is 0.130. The largest absolute Gasteiger partial charge is 0.573 e. The van der Waals surface area contributed by atoms with Crippen LogP contribution in [0, 0.1) is 17.5 Å². The molecule has 0 aliphatic carbocycles. The van der Waals surface area contributed by atoms with Crippen LogP contribution < -0.4 is 45.8 Å². The van der Waals surface area contributed by atoms with E-state index in [2.05, 4.69) is 19.5 Å². The number of aromatic hydroxyl groups is 1. The van der Waals surface area contributed by atoms with E-state index in [-0.39, 0.29) is 34.4 Å². The van der Waals surface area contributed by atoms with Crippen molar-refractivity contribution in [2.75, 3.05) is 24.9 Å². The molecule has 6 aromatic carbocycles. The van der Waals surface area contributed by atoms with Crippen LogP contribution in [0.25, 0.3) is 0 Å². The Hall–Kier alpha value is -9.05. The first-order valence-electron chi connectivity index (χ1n) is 19.8. The van der Waals surface area contributed by atoms with Gasteiger partial charge in [-0.15, -0.1) is 26.3 Å². The Morgan fingerprint density at radius 3 is 1.35 bits per heavy atom. The van der Waals surface area contributed by atoms with Gasteiger partial charge < -0.3 is 50.9 Å². The van der Waals surface area contributed by atoms with Gasteiger partial charge in [0.15, 0.2) is 23.0 Å². The Bertz CT molecular complexity index is 3070. The van der Waals surface area contributed by atoms with Gasteiger partial charge in [0.1, 0.15) is 34.7 Å². The standard InChI is InChI=1S/C23H15F7N2O5.C15H9F5N2O2.C8H7F3O3/c1-35-18-10-12(37-23(28,29)30)6-8-16(18)36-17-4-2-3-14(22(25,26)27)19(17)21(34)32-11-5-7-15(24)13(9-11)20(31)33;16-10-5-4-7(6-8(10)13(21)23)22-14(24)12-9(15(18,19)20)2-1-3-11(12)17;1-13-7-4-5(2-3-6(7)12)14-8(9,10)11/h2-10H,1H3,(H2,31,33)(H,32,34);1-6H,(H2,21,23)(H,22,24);2-4,12H,1H3. The van der Waals surface area contributed by atoms with Crippen LogP contribution in [0.15, 0.2) is 109 Å². The summed E-state index contributed by atoms with van der Waals surface area (Å²) in [6.45, 7) is 0. The average molecular weight is 1080 g/mol. The fourth-order valence-corrected chi connectivity index (χ4v) is 5.95. The molecule has 7 N–H and O–H groups in total. The highest BCUT2D eigenvalue weighted by Crippen LogP contribution is 2.42. The Morgan fingerprint density at radius 1 is 0.480 bits per heavy atom. The molecule has 0 aliphatic rings. The predicted octanol–water partition coefficient (Wildman–Crippen LogP) is 11.5. The number of hydrogen-bond donors (Lipinski definition) is 5. The molecule has 0 bridgehead atoms. The van der Waals surface area contributed by atoms with E-state index in [1.165, 1.54) is 7.11 Å². The van der Waals surface area contributed by atoms with Gasteiger partial charge in [-0.3, -0.25) is 19.2 Å². The maximum Gasteiger partial charge on any atom is 0.573 e. The number of anilines is 2. The molecule has 0 atom stereocenters. The number of halogens is 15. The SMILES string of the molecule is COc1cc(OC(F)(F)F)ccc1O.COc1cc(OC(F)(F)F)ccc1Oc1cccc(C(F)(F)F)c1C(=O)Nc1ccc(F)c(C(N)=O)c1.NC(=O)c1cc(NC(=O)c2c(F)cccc2C(F)(F)F)ccc1F. The molecular formula is C46H31F15N4O10. The number of amides is 4. The van der Waals surface area contributed by atoms with Gasteiger partial charge in [-0.1, -0.05) is 12.1 Å². The number of ether oxygens (including phenoxy) is 5. The molecular weight excluding hydrogens is 1050 g/mol. The number of nitrogens with one attached hydrogen (secondary N) is 2. The fourth-order valence-electron chi connectivity index (χ4n) is 5.95. The maximum atomic E-state index is 13.8. The van der Waals surface area contributed by atoms with Gasteiger partial charge in [0.2, 0.25) is 0 Å². The van der Waals surface area contributed by atoms with E-state index in [0.717, 1.165) is 98.1 Å². The third-order valence-corrected chi connectivity index (χ3v) is 9.06. The predicted molar refractivity (Wildman–Crippen MR) is 230 cm³/mol. The molecule has 400 valence electrons. The summed E-state index contributed by atoms with van der Waals surface area (Å²) in [4.78, 5) is 47.3. The summed E-state index contributed by atoms with van der Waals surface area (Å²) in [5.74, 6) is -11.2. The van der Waals surface area contributed by atoms with Gasteiger partial charge >= 0.3 is 25.1 Å². The summed E-state index contributed by atoms with van der Waals surface area (Å²) < 4.78 is 216. The molecule has 29 heteroatoms. The topological polar surface area (TPSA) is 211 Å². The third kappa shape index (κ3) is 16.5. The molecule has 0 aliphatic heterocycles. The number of primary amides is 2. The van der Waals surface area contributed by atoms with Gasteiger partial charge in [-0.25, -0.2) is 13.2 Å². The highest BCUT2D eigenvalue weighted by molar-refractivity contribution is 6.08. The third-order valence-electron chi connectivity index (χ3n) is 9.06. The lowest BCUT2D eigenvalue weighted by Gasteiger charge is -2.18. The number of rotatable bonds is 12. The van der Waals surface area contributed by atoms with Gasteiger partial charge in [-0.2, -0.15) is 26.3 Å². The van der Waals surface area contributed by atoms with Crippen LogP contribution >= 0.6 is 0 Å². The average Bonchev–Trinajstić information content (AvgIpc) is 3.29. The van der Waals surface area contributed by atoms with E-state index in [1.807, 2.05) is 5.32 Å². The Kier molecular flexibility index (Phi) is 18.5. The monoisotopic (exact) mass is 1080 g/mol. The van der Waals surface area contributed by atoms with Crippen molar-refractivity contribution >= 4 is 35.0 Å². The molecule has 0 heterocycles. The van der Waals surface area contributed by atoms with E-state index in [1.54, 1.807) is 0 Å². The van der Waals surface area contributed by atoms with Crippen LogP contribution in [-0.2, 0) is 12.4 Å². The minimum Gasteiger partial charge on any atom is -0.504 e. The Labute approximate surface area is 410 Å². The van der Waals surface area contributed by atoms with E-state index in [4.69, 9.17) is 26.0 Å².